The molecule has 0 bridgehead atoms. The molecule has 0 aliphatic heterocycles. The van der Waals surface area contributed by atoms with Gasteiger partial charge < -0.3 is 20.1 Å². The van der Waals surface area contributed by atoms with Crippen molar-refractivity contribution in [2.75, 3.05) is 19.0 Å². The number of para-hydroxylation sites is 2. The normalized spacial score (nSPS) is 11.4. The average molecular weight is 370 g/mol. The molecule has 0 aliphatic rings. The van der Waals surface area contributed by atoms with Gasteiger partial charge in [0.1, 0.15) is 0 Å². The van der Waals surface area contributed by atoms with Crippen molar-refractivity contribution in [3.8, 4) is 11.5 Å². The number of rotatable bonds is 9. The lowest BCUT2D eigenvalue weighted by molar-refractivity contribution is -0.122. The highest BCUT2D eigenvalue weighted by Gasteiger charge is 2.17. The molecular formula is C21H26N2O4. The molecule has 0 spiro atoms. The Hall–Kier alpha value is -3.02. The first-order chi connectivity index (χ1) is 13.0. The summed E-state index contributed by atoms with van der Waals surface area (Å²) in [4.78, 5) is 24.3. The number of ether oxygens (including phenoxy) is 2. The molecular weight excluding hydrogens is 344 g/mol. The van der Waals surface area contributed by atoms with Crippen molar-refractivity contribution in [1.82, 2.24) is 5.32 Å². The molecule has 0 saturated heterocycles. The maximum absolute atomic E-state index is 12.4. The molecule has 6 heteroatoms. The van der Waals surface area contributed by atoms with Crippen LogP contribution in [-0.2, 0) is 4.79 Å². The van der Waals surface area contributed by atoms with E-state index < -0.39 is 6.10 Å². The number of unbranched alkanes of at least 4 members (excludes halogenated alkanes) is 1. The second-order valence-corrected chi connectivity index (χ2v) is 6.09. The molecule has 27 heavy (non-hydrogen) atoms. The van der Waals surface area contributed by atoms with Gasteiger partial charge in [-0.15, -0.1) is 0 Å². The Morgan fingerprint density at radius 3 is 2.33 bits per heavy atom. The van der Waals surface area contributed by atoms with Crippen LogP contribution in [0.5, 0.6) is 11.5 Å². The van der Waals surface area contributed by atoms with Gasteiger partial charge in [0, 0.05) is 17.8 Å². The molecule has 0 saturated carbocycles. The number of benzene rings is 2. The van der Waals surface area contributed by atoms with Crippen LogP contribution in [-0.4, -0.2) is 31.6 Å². The summed E-state index contributed by atoms with van der Waals surface area (Å²) in [7, 11) is 1.55. The van der Waals surface area contributed by atoms with Crippen LogP contribution in [0.4, 0.5) is 5.69 Å². The molecule has 2 N–H and O–H groups in total. The molecule has 2 rings (SSSR count). The van der Waals surface area contributed by atoms with Crippen molar-refractivity contribution in [2.24, 2.45) is 0 Å². The molecule has 2 aromatic carbocycles. The number of hydrogen-bond donors (Lipinski definition) is 2. The molecule has 2 amide bonds. The summed E-state index contributed by atoms with van der Waals surface area (Å²) in [6, 6.07) is 13.9. The maximum Gasteiger partial charge on any atom is 0.265 e. The molecule has 0 heterocycles. The number of hydrogen-bond acceptors (Lipinski definition) is 4. The fourth-order valence-corrected chi connectivity index (χ4v) is 2.39. The van der Waals surface area contributed by atoms with Crippen molar-refractivity contribution < 1.29 is 19.1 Å². The molecule has 0 aliphatic carbocycles. The number of methoxy groups -OCH3 is 1. The highest BCUT2D eigenvalue weighted by atomic mass is 16.5. The van der Waals surface area contributed by atoms with Crippen molar-refractivity contribution in [3.05, 3.63) is 54.1 Å². The first-order valence-corrected chi connectivity index (χ1v) is 9.04. The molecule has 6 nitrogen and oxygen atoms in total. The van der Waals surface area contributed by atoms with Gasteiger partial charge in [0.05, 0.1) is 7.11 Å². The standard InChI is InChI=1S/C21H26N2O4/c1-4-5-14-22-21(25)16-10-12-17(13-11-16)23-20(24)15(2)27-19-9-7-6-8-18(19)26-3/h6-13,15H,4-5,14H2,1-3H3,(H,22,25)(H,23,24). The Bertz CT molecular complexity index is 759. The summed E-state index contributed by atoms with van der Waals surface area (Å²) in [6.07, 6.45) is 1.27. The van der Waals surface area contributed by atoms with E-state index in [1.165, 1.54) is 0 Å². The maximum atomic E-state index is 12.4. The Morgan fingerprint density at radius 2 is 1.70 bits per heavy atom. The average Bonchev–Trinajstić information content (AvgIpc) is 2.69. The third-order valence-electron chi connectivity index (χ3n) is 3.97. The van der Waals surface area contributed by atoms with E-state index in [4.69, 9.17) is 9.47 Å². The Balaban J connectivity index is 1.92. The highest BCUT2D eigenvalue weighted by Crippen LogP contribution is 2.27. The molecule has 1 unspecified atom stereocenters. The van der Waals surface area contributed by atoms with Crippen molar-refractivity contribution in [2.45, 2.75) is 32.8 Å². The van der Waals surface area contributed by atoms with E-state index in [0.717, 1.165) is 12.8 Å². The summed E-state index contributed by atoms with van der Waals surface area (Å²) >= 11 is 0. The lowest BCUT2D eigenvalue weighted by atomic mass is 10.2. The summed E-state index contributed by atoms with van der Waals surface area (Å²) in [5.41, 5.74) is 1.16. The predicted molar refractivity (Wildman–Crippen MR) is 105 cm³/mol. The van der Waals surface area contributed by atoms with Crippen LogP contribution in [0.1, 0.15) is 37.0 Å². The fraction of sp³-hybridized carbons (Fsp3) is 0.333. The quantitative estimate of drug-likeness (QED) is 0.661. The zero-order chi connectivity index (χ0) is 19.6. The van der Waals surface area contributed by atoms with Gasteiger partial charge in [-0.1, -0.05) is 25.5 Å². The second-order valence-electron chi connectivity index (χ2n) is 6.09. The monoisotopic (exact) mass is 370 g/mol. The van der Waals surface area contributed by atoms with Crippen molar-refractivity contribution in [1.29, 1.82) is 0 Å². The molecule has 0 fully saturated rings. The topological polar surface area (TPSA) is 76.7 Å². The summed E-state index contributed by atoms with van der Waals surface area (Å²) in [5.74, 6) is 0.660. The highest BCUT2D eigenvalue weighted by molar-refractivity contribution is 5.96. The number of anilines is 1. The smallest absolute Gasteiger partial charge is 0.265 e. The third kappa shape index (κ3) is 6.02. The summed E-state index contributed by atoms with van der Waals surface area (Å²) < 4.78 is 10.9. The van der Waals surface area contributed by atoms with Gasteiger partial charge in [-0.05, 0) is 49.7 Å². The number of nitrogens with one attached hydrogen (secondary N) is 2. The Labute approximate surface area is 159 Å². The van der Waals surface area contributed by atoms with E-state index >= 15 is 0 Å². The molecule has 1 atom stereocenters. The van der Waals surface area contributed by atoms with E-state index in [2.05, 4.69) is 17.6 Å². The van der Waals surface area contributed by atoms with Gasteiger partial charge in [-0.25, -0.2) is 0 Å². The Kier molecular flexibility index (Phi) is 7.67. The third-order valence-corrected chi connectivity index (χ3v) is 3.97. The SMILES string of the molecule is CCCCNC(=O)c1ccc(NC(=O)C(C)Oc2ccccc2OC)cc1. The van der Waals surface area contributed by atoms with E-state index in [9.17, 15) is 9.59 Å². The lowest BCUT2D eigenvalue weighted by Gasteiger charge is -2.16. The van der Waals surface area contributed by atoms with Crippen LogP contribution >= 0.6 is 0 Å². The zero-order valence-electron chi connectivity index (χ0n) is 16.0. The van der Waals surface area contributed by atoms with Crippen molar-refractivity contribution in [3.63, 3.8) is 0 Å². The fourth-order valence-electron chi connectivity index (χ4n) is 2.39. The molecule has 0 aromatic heterocycles. The number of amides is 2. The van der Waals surface area contributed by atoms with E-state index in [1.807, 2.05) is 12.1 Å². The largest absolute Gasteiger partial charge is 0.493 e. The Morgan fingerprint density at radius 1 is 1.04 bits per heavy atom. The minimum Gasteiger partial charge on any atom is -0.493 e. The first-order valence-electron chi connectivity index (χ1n) is 9.04. The van der Waals surface area contributed by atoms with Gasteiger partial charge in [-0.2, -0.15) is 0 Å². The van der Waals surface area contributed by atoms with Crippen LogP contribution in [0.2, 0.25) is 0 Å². The zero-order valence-corrected chi connectivity index (χ0v) is 16.0. The lowest BCUT2D eigenvalue weighted by Crippen LogP contribution is -2.30. The van der Waals surface area contributed by atoms with Gasteiger partial charge in [0.15, 0.2) is 17.6 Å². The van der Waals surface area contributed by atoms with E-state index in [-0.39, 0.29) is 11.8 Å². The molecule has 144 valence electrons. The van der Waals surface area contributed by atoms with Crippen LogP contribution in [0, 0.1) is 0 Å². The number of carbonyl (C=O) groups is 2. The van der Waals surface area contributed by atoms with E-state index in [1.54, 1.807) is 50.4 Å². The van der Waals surface area contributed by atoms with Crippen molar-refractivity contribution >= 4 is 17.5 Å². The number of carbonyl (C=O) groups excluding carboxylic acids is 2. The van der Waals surface area contributed by atoms with Gasteiger partial charge in [0.25, 0.3) is 11.8 Å². The minimum atomic E-state index is -0.710. The first kappa shape index (κ1) is 20.3. The molecule has 2 aromatic rings. The van der Waals surface area contributed by atoms with Crippen LogP contribution in [0.15, 0.2) is 48.5 Å². The second kappa shape index (κ2) is 10.2. The van der Waals surface area contributed by atoms with Crippen LogP contribution in [0.3, 0.4) is 0 Å². The van der Waals surface area contributed by atoms with Gasteiger partial charge in [-0.3, -0.25) is 9.59 Å². The van der Waals surface area contributed by atoms with Gasteiger partial charge in [0.2, 0.25) is 0 Å². The molecule has 0 radical (unpaired) electrons. The van der Waals surface area contributed by atoms with Crippen LogP contribution in [0.25, 0.3) is 0 Å². The van der Waals surface area contributed by atoms with Gasteiger partial charge >= 0.3 is 0 Å². The van der Waals surface area contributed by atoms with Crippen LogP contribution < -0.4 is 20.1 Å². The van der Waals surface area contributed by atoms with E-state index in [0.29, 0.717) is 29.3 Å². The minimum absolute atomic E-state index is 0.116. The summed E-state index contributed by atoms with van der Waals surface area (Å²) in [5, 5.41) is 5.64. The predicted octanol–water partition coefficient (Wildman–Crippen LogP) is 3.63. The summed E-state index contributed by atoms with van der Waals surface area (Å²) in [6.45, 7) is 4.39.